The zero-order valence-corrected chi connectivity index (χ0v) is 26.1. The fourth-order valence-electron chi connectivity index (χ4n) is 4.84. The molecule has 0 saturated carbocycles. The minimum atomic E-state index is -2.93. The fourth-order valence-corrected chi connectivity index (χ4v) is 6.60. The van der Waals surface area contributed by atoms with Crippen LogP contribution in [0.2, 0.25) is 0 Å². The summed E-state index contributed by atoms with van der Waals surface area (Å²) in [5.74, 6) is 0. The number of rotatable bonds is 31. The zero-order chi connectivity index (χ0) is 26.4. The Balaban J connectivity index is 3.92. The largest absolute Gasteiger partial charge is 0.330 e. The van der Waals surface area contributed by atoms with Gasteiger partial charge in [-0.25, -0.2) is 0 Å². The Labute approximate surface area is 228 Å². The van der Waals surface area contributed by atoms with Crippen molar-refractivity contribution in [2.24, 2.45) is 0 Å². The summed E-state index contributed by atoms with van der Waals surface area (Å²) in [6.45, 7) is 7.97. The van der Waals surface area contributed by atoms with E-state index >= 15 is 0 Å². The number of hydrogen-bond acceptors (Lipinski definition) is 3. The molecule has 0 unspecified atom stereocenters. The molecule has 218 valence electrons. The van der Waals surface area contributed by atoms with Crippen molar-refractivity contribution in [2.45, 2.75) is 188 Å². The molecule has 4 heteroatoms. The van der Waals surface area contributed by atoms with E-state index in [1.54, 1.807) is 0 Å². The van der Waals surface area contributed by atoms with Crippen molar-refractivity contribution in [3.63, 3.8) is 0 Å². The summed E-state index contributed by atoms with van der Waals surface area (Å²) in [6, 6.07) is 0. The minimum Gasteiger partial charge on any atom is -0.309 e. The lowest BCUT2D eigenvalue weighted by molar-refractivity contribution is 0.197. The first kappa shape index (κ1) is 36.1. The summed E-state index contributed by atoms with van der Waals surface area (Å²) in [4.78, 5) is 0. The topological polar surface area (TPSA) is 35.5 Å². The Bertz CT molecular complexity index is 433. The number of hydrogen-bond donors (Lipinski definition) is 0. The molecule has 0 heterocycles. The highest BCUT2D eigenvalue weighted by Gasteiger charge is 2.23. The Kier molecular flexibility index (Phi) is 29.8. The standard InChI is InChI=1S/C32H67O3P/c1-4-7-10-13-16-17-18-19-20-21-22-23-26-29-32-36(33,34-30-27-24-14-11-8-5-2)35-31-28-25-15-12-9-6-3/h4-32H2,1-3H3. The summed E-state index contributed by atoms with van der Waals surface area (Å²) >= 11 is 0. The fraction of sp³-hybridized carbons (Fsp3) is 1.00. The van der Waals surface area contributed by atoms with E-state index in [4.69, 9.17) is 9.05 Å². The van der Waals surface area contributed by atoms with Crippen LogP contribution in [0.15, 0.2) is 0 Å². The van der Waals surface area contributed by atoms with E-state index in [-0.39, 0.29) is 0 Å². The van der Waals surface area contributed by atoms with Crippen LogP contribution in [0.4, 0.5) is 0 Å². The molecule has 0 aliphatic heterocycles. The van der Waals surface area contributed by atoms with Gasteiger partial charge in [-0.2, -0.15) is 0 Å². The van der Waals surface area contributed by atoms with E-state index in [0.717, 1.165) is 25.7 Å². The maximum Gasteiger partial charge on any atom is 0.330 e. The molecule has 0 bridgehead atoms. The van der Waals surface area contributed by atoms with Crippen LogP contribution in [-0.2, 0) is 13.6 Å². The van der Waals surface area contributed by atoms with Crippen LogP contribution in [0.5, 0.6) is 0 Å². The van der Waals surface area contributed by atoms with Crippen molar-refractivity contribution in [1.82, 2.24) is 0 Å². The normalized spacial score (nSPS) is 12.0. The first-order valence-corrected chi connectivity index (χ1v) is 18.3. The molecule has 0 aromatic heterocycles. The van der Waals surface area contributed by atoms with E-state index < -0.39 is 7.60 Å². The second-order valence-electron chi connectivity index (χ2n) is 11.1. The average molecular weight is 531 g/mol. The summed E-state index contributed by atoms with van der Waals surface area (Å²) in [5, 5.41) is 0. The van der Waals surface area contributed by atoms with Gasteiger partial charge in [0.2, 0.25) is 0 Å². The molecule has 0 N–H and O–H groups in total. The smallest absolute Gasteiger partial charge is 0.309 e. The molecule has 0 rings (SSSR count). The van der Waals surface area contributed by atoms with Gasteiger partial charge in [0.25, 0.3) is 0 Å². The van der Waals surface area contributed by atoms with E-state index in [0.29, 0.717) is 19.4 Å². The molecular formula is C32H67O3P. The quantitative estimate of drug-likeness (QED) is 0.0660. The zero-order valence-electron chi connectivity index (χ0n) is 25.2. The Morgan fingerprint density at radius 1 is 0.361 bits per heavy atom. The van der Waals surface area contributed by atoms with Crippen LogP contribution in [0.1, 0.15) is 188 Å². The van der Waals surface area contributed by atoms with Gasteiger partial charge in [0, 0.05) is 0 Å². The molecule has 0 aromatic rings. The first-order valence-electron chi connectivity index (χ1n) is 16.6. The molecule has 0 fully saturated rings. The highest BCUT2D eigenvalue weighted by atomic mass is 31.2. The van der Waals surface area contributed by atoms with Gasteiger partial charge in [0.05, 0.1) is 19.4 Å². The SMILES string of the molecule is CCCCCCCCCCCCCCCCP(=O)(OCCCCCCCC)OCCCCCCCC. The summed E-state index contributed by atoms with van der Waals surface area (Å²) < 4.78 is 25.2. The predicted octanol–water partition coefficient (Wildman–Crippen LogP) is 12.4. The van der Waals surface area contributed by atoms with Crippen molar-refractivity contribution in [3.05, 3.63) is 0 Å². The van der Waals surface area contributed by atoms with E-state index in [1.165, 1.54) is 141 Å². The van der Waals surface area contributed by atoms with Gasteiger partial charge in [0.1, 0.15) is 0 Å². The van der Waals surface area contributed by atoms with Crippen LogP contribution in [-0.4, -0.2) is 19.4 Å². The predicted molar refractivity (Wildman–Crippen MR) is 161 cm³/mol. The molecule has 36 heavy (non-hydrogen) atoms. The van der Waals surface area contributed by atoms with E-state index in [9.17, 15) is 4.57 Å². The van der Waals surface area contributed by atoms with Crippen LogP contribution in [0.25, 0.3) is 0 Å². The van der Waals surface area contributed by atoms with E-state index in [1.807, 2.05) is 0 Å². The van der Waals surface area contributed by atoms with Crippen molar-refractivity contribution in [1.29, 1.82) is 0 Å². The molecule has 0 aliphatic rings. The van der Waals surface area contributed by atoms with Gasteiger partial charge in [0.15, 0.2) is 0 Å². The van der Waals surface area contributed by atoms with Gasteiger partial charge < -0.3 is 9.05 Å². The molecule has 0 aliphatic carbocycles. The Morgan fingerprint density at radius 2 is 0.611 bits per heavy atom. The lowest BCUT2D eigenvalue weighted by Gasteiger charge is -2.19. The summed E-state index contributed by atoms with van der Waals surface area (Å²) in [5.41, 5.74) is 0. The average Bonchev–Trinajstić information content (AvgIpc) is 2.88. The third-order valence-electron chi connectivity index (χ3n) is 7.36. The van der Waals surface area contributed by atoms with Gasteiger partial charge in [-0.15, -0.1) is 0 Å². The lowest BCUT2D eigenvalue weighted by atomic mass is 10.0. The van der Waals surface area contributed by atoms with Crippen molar-refractivity contribution >= 4 is 7.60 Å². The number of unbranched alkanes of at least 4 members (excludes halogenated alkanes) is 23. The van der Waals surface area contributed by atoms with E-state index in [2.05, 4.69) is 20.8 Å². The molecule has 0 radical (unpaired) electrons. The van der Waals surface area contributed by atoms with Crippen LogP contribution < -0.4 is 0 Å². The Morgan fingerprint density at radius 3 is 0.917 bits per heavy atom. The monoisotopic (exact) mass is 530 g/mol. The van der Waals surface area contributed by atoms with Crippen molar-refractivity contribution in [3.8, 4) is 0 Å². The van der Waals surface area contributed by atoms with Gasteiger partial charge in [-0.05, 0) is 19.3 Å². The van der Waals surface area contributed by atoms with Gasteiger partial charge >= 0.3 is 7.60 Å². The van der Waals surface area contributed by atoms with Gasteiger partial charge in [-0.3, -0.25) is 4.57 Å². The van der Waals surface area contributed by atoms with Crippen molar-refractivity contribution < 1.29 is 13.6 Å². The summed E-state index contributed by atoms with van der Waals surface area (Å²) in [6.07, 6.45) is 34.0. The second kappa shape index (κ2) is 29.7. The third-order valence-corrected chi connectivity index (χ3v) is 9.37. The minimum absolute atomic E-state index is 0.596. The molecule has 0 amide bonds. The maximum atomic E-state index is 13.4. The van der Waals surface area contributed by atoms with Crippen LogP contribution >= 0.6 is 7.60 Å². The highest BCUT2D eigenvalue weighted by Crippen LogP contribution is 2.49. The van der Waals surface area contributed by atoms with Crippen molar-refractivity contribution in [2.75, 3.05) is 19.4 Å². The van der Waals surface area contributed by atoms with Crippen LogP contribution in [0.3, 0.4) is 0 Å². The molecule has 3 nitrogen and oxygen atoms in total. The summed E-state index contributed by atoms with van der Waals surface area (Å²) in [7, 11) is -2.93. The van der Waals surface area contributed by atoms with Gasteiger partial charge in [-0.1, -0.05) is 168 Å². The molecule has 0 aromatic carbocycles. The molecular weight excluding hydrogens is 463 g/mol. The maximum absolute atomic E-state index is 13.4. The molecule has 0 atom stereocenters. The highest BCUT2D eigenvalue weighted by molar-refractivity contribution is 7.53. The first-order chi connectivity index (χ1) is 17.7. The third kappa shape index (κ3) is 27.2. The van der Waals surface area contributed by atoms with Crippen LogP contribution in [0, 0.1) is 0 Å². The second-order valence-corrected chi connectivity index (χ2v) is 13.3. The lowest BCUT2D eigenvalue weighted by Crippen LogP contribution is -2.04. The Hall–Kier alpha value is 0.150. The molecule has 0 spiro atoms. The molecule has 0 saturated heterocycles.